The molecule has 7 nitrogen and oxygen atoms in total. The molecule has 0 spiro atoms. The van der Waals surface area contributed by atoms with Crippen molar-refractivity contribution in [1.82, 2.24) is 19.7 Å². The van der Waals surface area contributed by atoms with Crippen LogP contribution < -0.4 is 0 Å². The zero-order valence-corrected chi connectivity index (χ0v) is 18.8. The summed E-state index contributed by atoms with van der Waals surface area (Å²) < 4.78 is 11.5. The molecule has 2 aromatic rings. The SMILES string of the molecule is O=C(c1coc(CN2CCN(Cc3ccccc3)CC2)n1)N(CC1CC1)C[C@@H]1CCCO1. The second-order valence-electron chi connectivity index (χ2n) is 9.45. The quantitative estimate of drug-likeness (QED) is 0.600. The molecule has 1 aromatic carbocycles. The van der Waals surface area contributed by atoms with Gasteiger partial charge in [0.1, 0.15) is 6.26 Å². The predicted octanol–water partition coefficient (Wildman–Crippen LogP) is 3.02. The lowest BCUT2D eigenvalue weighted by molar-refractivity contribution is 0.0510. The fourth-order valence-electron chi connectivity index (χ4n) is 4.67. The molecule has 3 heterocycles. The van der Waals surface area contributed by atoms with Gasteiger partial charge in [0.25, 0.3) is 5.91 Å². The first-order valence-electron chi connectivity index (χ1n) is 12.1. The Kier molecular flexibility index (Phi) is 6.86. The van der Waals surface area contributed by atoms with Crippen LogP contribution in [0.1, 0.15) is 47.6 Å². The van der Waals surface area contributed by atoms with E-state index in [4.69, 9.17) is 9.15 Å². The third-order valence-corrected chi connectivity index (χ3v) is 6.75. The minimum atomic E-state index is -0.0184. The Hall–Kier alpha value is -2.22. The molecule has 2 saturated heterocycles. The number of hydrogen-bond acceptors (Lipinski definition) is 6. The molecule has 1 saturated carbocycles. The Bertz CT molecular complexity index is 868. The van der Waals surface area contributed by atoms with E-state index >= 15 is 0 Å². The van der Waals surface area contributed by atoms with Gasteiger partial charge in [-0.25, -0.2) is 4.98 Å². The summed E-state index contributed by atoms with van der Waals surface area (Å²) in [5.41, 5.74) is 1.79. The molecule has 1 aromatic heterocycles. The smallest absolute Gasteiger partial charge is 0.275 e. The van der Waals surface area contributed by atoms with E-state index in [1.54, 1.807) is 6.26 Å². The van der Waals surface area contributed by atoms with Crippen LogP contribution in [0.4, 0.5) is 0 Å². The van der Waals surface area contributed by atoms with Crippen molar-refractivity contribution in [3.8, 4) is 0 Å². The van der Waals surface area contributed by atoms with Crippen LogP contribution in [0.5, 0.6) is 0 Å². The molecule has 0 N–H and O–H groups in total. The fraction of sp³-hybridized carbons (Fsp3) is 0.600. The van der Waals surface area contributed by atoms with E-state index in [-0.39, 0.29) is 12.0 Å². The molecule has 1 atom stereocenters. The van der Waals surface area contributed by atoms with Gasteiger partial charge in [0.15, 0.2) is 5.69 Å². The van der Waals surface area contributed by atoms with Gasteiger partial charge in [0.2, 0.25) is 5.89 Å². The van der Waals surface area contributed by atoms with Crippen molar-refractivity contribution < 1.29 is 13.9 Å². The van der Waals surface area contributed by atoms with Crippen molar-refractivity contribution in [3.05, 3.63) is 53.7 Å². The standard InChI is InChI=1S/C25H34N4O3/c30-25(29(16-21-8-9-21)17-22-7-4-14-31-22)23-19-32-24(26-23)18-28-12-10-27(11-13-28)15-20-5-2-1-3-6-20/h1-3,5-6,19,21-22H,4,7-18H2/t22-/m0/s1. The summed E-state index contributed by atoms with van der Waals surface area (Å²) in [6.07, 6.45) is 6.26. The molecule has 1 aliphatic carbocycles. The first-order chi connectivity index (χ1) is 15.7. The number of aromatic nitrogens is 1. The average molecular weight is 439 g/mol. The summed E-state index contributed by atoms with van der Waals surface area (Å²) in [7, 11) is 0. The lowest BCUT2D eigenvalue weighted by Gasteiger charge is -2.34. The summed E-state index contributed by atoms with van der Waals surface area (Å²) in [5, 5.41) is 0. The van der Waals surface area contributed by atoms with Crippen LogP contribution in [0, 0.1) is 5.92 Å². The highest BCUT2D eigenvalue weighted by Gasteiger charge is 2.31. The maximum absolute atomic E-state index is 13.1. The van der Waals surface area contributed by atoms with Crippen molar-refractivity contribution in [1.29, 1.82) is 0 Å². The van der Waals surface area contributed by atoms with Gasteiger partial charge in [-0.2, -0.15) is 0 Å². The average Bonchev–Trinajstić information content (AvgIpc) is 3.27. The fourth-order valence-corrected chi connectivity index (χ4v) is 4.67. The molecule has 5 rings (SSSR count). The summed E-state index contributed by atoms with van der Waals surface area (Å²) in [6.45, 7) is 7.94. The number of oxazole rings is 1. The van der Waals surface area contributed by atoms with Gasteiger partial charge in [0.05, 0.1) is 12.6 Å². The van der Waals surface area contributed by atoms with Gasteiger partial charge in [-0.15, -0.1) is 0 Å². The lowest BCUT2D eigenvalue weighted by Crippen LogP contribution is -2.45. The molecule has 1 amide bonds. The van der Waals surface area contributed by atoms with Crippen LogP contribution in [-0.4, -0.2) is 77.6 Å². The molecule has 0 unspecified atom stereocenters. The van der Waals surface area contributed by atoms with Gasteiger partial charge in [-0.1, -0.05) is 30.3 Å². The van der Waals surface area contributed by atoms with E-state index < -0.39 is 0 Å². The summed E-state index contributed by atoms with van der Waals surface area (Å²) in [6, 6.07) is 10.6. The number of benzene rings is 1. The van der Waals surface area contributed by atoms with Crippen molar-refractivity contribution in [2.24, 2.45) is 5.92 Å². The Morgan fingerprint density at radius 2 is 1.75 bits per heavy atom. The highest BCUT2D eigenvalue weighted by atomic mass is 16.5. The van der Waals surface area contributed by atoms with Crippen molar-refractivity contribution >= 4 is 5.91 Å². The minimum absolute atomic E-state index is 0.0184. The molecule has 172 valence electrons. The minimum Gasteiger partial charge on any atom is -0.447 e. The number of carbonyl (C=O) groups is 1. The number of rotatable bonds is 9. The number of piperazine rings is 1. The number of ether oxygens (including phenoxy) is 1. The molecule has 3 aliphatic rings. The van der Waals surface area contributed by atoms with E-state index in [9.17, 15) is 4.79 Å². The lowest BCUT2D eigenvalue weighted by atomic mass is 10.2. The molecule has 3 fully saturated rings. The van der Waals surface area contributed by atoms with Crippen LogP contribution in [-0.2, 0) is 17.8 Å². The van der Waals surface area contributed by atoms with Crippen LogP contribution in [0.25, 0.3) is 0 Å². The van der Waals surface area contributed by atoms with E-state index in [1.165, 1.54) is 18.4 Å². The Morgan fingerprint density at radius 1 is 1.00 bits per heavy atom. The zero-order valence-electron chi connectivity index (χ0n) is 18.8. The largest absolute Gasteiger partial charge is 0.447 e. The molecule has 7 heteroatoms. The van der Waals surface area contributed by atoms with Crippen molar-refractivity contribution in [2.75, 3.05) is 45.9 Å². The molecule has 32 heavy (non-hydrogen) atoms. The highest BCUT2D eigenvalue weighted by Crippen LogP contribution is 2.30. The number of nitrogens with zero attached hydrogens (tertiary/aromatic N) is 4. The molecular formula is C25H34N4O3. The van der Waals surface area contributed by atoms with Crippen molar-refractivity contribution in [3.63, 3.8) is 0 Å². The number of amides is 1. The summed E-state index contributed by atoms with van der Waals surface area (Å²) in [5.74, 6) is 1.25. The monoisotopic (exact) mass is 438 g/mol. The highest BCUT2D eigenvalue weighted by molar-refractivity contribution is 5.92. The Balaban J connectivity index is 1.12. The maximum atomic E-state index is 13.1. The second kappa shape index (κ2) is 10.1. The molecule has 0 radical (unpaired) electrons. The van der Waals surface area contributed by atoms with Gasteiger partial charge in [0, 0.05) is 52.4 Å². The maximum Gasteiger partial charge on any atom is 0.275 e. The van der Waals surface area contributed by atoms with E-state index in [0.717, 1.165) is 58.7 Å². The number of hydrogen-bond donors (Lipinski definition) is 0. The normalized spacial score (nSPS) is 22.3. The van der Waals surface area contributed by atoms with E-state index in [2.05, 4.69) is 45.1 Å². The van der Waals surface area contributed by atoms with Crippen LogP contribution in [0.3, 0.4) is 0 Å². The summed E-state index contributed by atoms with van der Waals surface area (Å²) >= 11 is 0. The Morgan fingerprint density at radius 3 is 2.44 bits per heavy atom. The van der Waals surface area contributed by atoms with E-state index in [1.807, 2.05) is 4.90 Å². The molecular weight excluding hydrogens is 404 g/mol. The first kappa shape index (κ1) is 21.6. The topological polar surface area (TPSA) is 62.1 Å². The zero-order chi connectivity index (χ0) is 21.8. The van der Waals surface area contributed by atoms with Crippen LogP contribution in [0.2, 0.25) is 0 Å². The summed E-state index contributed by atoms with van der Waals surface area (Å²) in [4.78, 5) is 24.5. The molecule has 0 bridgehead atoms. The second-order valence-corrected chi connectivity index (χ2v) is 9.45. The third-order valence-electron chi connectivity index (χ3n) is 6.75. The molecule has 2 aliphatic heterocycles. The van der Waals surface area contributed by atoms with Crippen molar-refractivity contribution in [2.45, 2.75) is 44.9 Å². The van der Waals surface area contributed by atoms with Gasteiger partial charge in [-0.3, -0.25) is 14.6 Å². The predicted molar refractivity (Wildman–Crippen MR) is 121 cm³/mol. The third kappa shape index (κ3) is 5.77. The number of carbonyl (C=O) groups excluding carboxylic acids is 1. The van der Waals surface area contributed by atoms with Crippen LogP contribution in [0.15, 0.2) is 41.0 Å². The van der Waals surface area contributed by atoms with E-state index in [0.29, 0.717) is 30.6 Å². The van der Waals surface area contributed by atoms with Gasteiger partial charge in [-0.05, 0) is 37.2 Å². The van der Waals surface area contributed by atoms with Crippen LogP contribution >= 0.6 is 0 Å². The van der Waals surface area contributed by atoms with Gasteiger partial charge < -0.3 is 14.1 Å². The Labute approximate surface area is 190 Å². The van der Waals surface area contributed by atoms with Gasteiger partial charge >= 0.3 is 0 Å². The first-order valence-corrected chi connectivity index (χ1v) is 12.1.